The minimum atomic E-state index is -0.217. The van der Waals surface area contributed by atoms with E-state index in [2.05, 4.69) is 42.7 Å². The van der Waals surface area contributed by atoms with Crippen LogP contribution in [0.3, 0.4) is 0 Å². The number of hydrogen-bond donors (Lipinski definition) is 0. The predicted molar refractivity (Wildman–Crippen MR) is 174 cm³/mol. The molecule has 0 unspecified atom stereocenters. The fourth-order valence-corrected chi connectivity index (χ4v) is 16.3. The Balaban J connectivity index is 1.33. The van der Waals surface area contributed by atoms with Gasteiger partial charge in [-0.3, -0.25) is 4.57 Å². The average Bonchev–Trinajstić information content (AvgIpc) is 3.29. The Morgan fingerprint density at radius 2 is 0.923 bits per heavy atom. The third kappa shape index (κ3) is 6.38. The van der Waals surface area contributed by atoms with Gasteiger partial charge in [0, 0.05) is 11.4 Å². The smallest absolute Gasteiger partial charge is 0.137 e. The molecule has 0 saturated heterocycles. The van der Waals surface area contributed by atoms with Crippen LogP contribution in [0.2, 0.25) is 0 Å². The molecule has 4 aliphatic carbocycles. The van der Waals surface area contributed by atoms with Crippen LogP contribution in [0, 0.1) is 13.8 Å². The standard InChI is InChI=1S/C35H54N2P2/c1-27-28(2)37(35(36-27)39(32-19-11-5-12-20-32)33-21-13-6-14-22-33)29-23-25-34(26-24-29)38(30-15-7-3-8-16-30)31-17-9-4-10-18-31/h23-26,30-33H,3-22H2,1-2H3. The highest BCUT2D eigenvalue weighted by Crippen LogP contribution is 2.56. The van der Waals surface area contributed by atoms with Crippen LogP contribution in [0.5, 0.6) is 0 Å². The van der Waals surface area contributed by atoms with Gasteiger partial charge in [-0.1, -0.05) is 97.1 Å². The van der Waals surface area contributed by atoms with Crippen molar-refractivity contribution < 1.29 is 0 Å². The SMILES string of the molecule is Cc1nc(P(C2CCCCC2)C2CCCCC2)n(-c2ccc(P(C3CCCCC3)C3CCCCC3)cc2)c1C. The molecule has 2 aromatic rings. The monoisotopic (exact) mass is 564 g/mol. The molecule has 6 rings (SSSR count). The molecule has 1 aromatic heterocycles. The molecule has 4 saturated carbocycles. The molecule has 4 fully saturated rings. The summed E-state index contributed by atoms with van der Waals surface area (Å²) in [6, 6.07) is 10.2. The molecule has 214 valence electrons. The van der Waals surface area contributed by atoms with E-state index in [1.54, 1.807) is 5.30 Å². The zero-order valence-corrected chi connectivity index (χ0v) is 26.8. The first kappa shape index (κ1) is 28.4. The van der Waals surface area contributed by atoms with E-state index in [9.17, 15) is 0 Å². The molecule has 2 nitrogen and oxygen atoms in total. The molecule has 0 spiro atoms. The third-order valence-electron chi connectivity index (χ3n) is 10.8. The Bertz CT molecular complexity index is 999. The number of hydrogen-bond acceptors (Lipinski definition) is 1. The molecule has 0 atom stereocenters. The summed E-state index contributed by atoms with van der Waals surface area (Å²) in [4.78, 5) is 5.44. The van der Waals surface area contributed by atoms with Crippen molar-refractivity contribution in [1.82, 2.24) is 9.55 Å². The van der Waals surface area contributed by atoms with Gasteiger partial charge in [-0.15, -0.1) is 0 Å². The lowest BCUT2D eigenvalue weighted by Gasteiger charge is -2.39. The first-order chi connectivity index (χ1) is 19.2. The zero-order valence-electron chi connectivity index (χ0n) is 25.0. The highest BCUT2D eigenvalue weighted by molar-refractivity contribution is 7.67. The van der Waals surface area contributed by atoms with Gasteiger partial charge < -0.3 is 0 Å². The van der Waals surface area contributed by atoms with E-state index in [4.69, 9.17) is 4.98 Å². The van der Waals surface area contributed by atoms with E-state index in [1.165, 1.54) is 151 Å². The molecular weight excluding hydrogens is 510 g/mol. The van der Waals surface area contributed by atoms with E-state index in [-0.39, 0.29) is 15.8 Å². The molecule has 1 heterocycles. The summed E-state index contributed by atoms with van der Waals surface area (Å²) in [5, 5.41) is 1.71. The quantitative estimate of drug-likeness (QED) is 0.306. The van der Waals surface area contributed by atoms with Crippen molar-refractivity contribution in [2.75, 3.05) is 0 Å². The molecular formula is C35H54N2P2. The summed E-state index contributed by atoms with van der Waals surface area (Å²) >= 11 is 0. The summed E-state index contributed by atoms with van der Waals surface area (Å²) < 4.78 is 2.65. The number of nitrogens with zero attached hydrogens (tertiary/aromatic N) is 2. The molecule has 4 heteroatoms. The fraction of sp³-hybridized carbons (Fsp3) is 0.743. The van der Waals surface area contributed by atoms with Gasteiger partial charge in [-0.25, -0.2) is 4.98 Å². The number of rotatable bonds is 7. The van der Waals surface area contributed by atoms with Gasteiger partial charge in [0.25, 0.3) is 0 Å². The molecule has 0 amide bonds. The normalized spacial score (nSPS) is 23.2. The van der Waals surface area contributed by atoms with Crippen LogP contribution in [-0.2, 0) is 0 Å². The summed E-state index contributed by atoms with van der Waals surface area (Å²) in [6.07, 6.45) is 29.2. The Morgan fingerprint density at radius 3 is 1.33 bits per heavy atom. The van der Waals surface area contributed by atoms with Gasteiger partial charge >= 0.3 is 0 Å². The van der Waals surface area contributed by atoms with Crippen molar-refractivity contribution in [2.45, 2.75) is 165 Å². The largest absolute Gasteiger partial charge is 0.297 e. The van der Waals surface area contributed by atoms with Crippen molar-refractivity contribution >= 4 is 26.7 Å². The van der Waals surface area contributed by atoms with Gasteiger partial charge in [0.1, 0.15) is 5.57 Å². The summed E-state index contributed by atoms with van der Waals surface area (Å²) in [7, 11) is -0.254. The maximum atomic E-state index is 5.44. The number of aromatic nitrogens is 2. The number of aryl methyl sites for hydroxylation is 1. The summed E-state index contributed by atoms with van der Waals surface area (Å²) in [5.41, 5.74) is 9.25. The second-order valence-electron chi connectivity index (χ2n) is 13.4. The number of imidazole rings is 1. The maximum absolute atomic E-state index is 5.44. The average molecular weight is 565 g/mol. The Labute approximate surface area is 242 Å². The van der Waals surface area contributed by atoms with E-state index in [0.29, 0.717) is 0 Å². The lowest BCUT2D eigenvalue weighted by atomic mass is 9.99. The Hall–Kier alpha value is -0.710. The summed E-state index contributed by atoms with van der Waals surface area (Å²) in [6.45, 7) is 4.61. The molecule has 0 radical (unpaired) electrons. The number of benzene rings is 1. The first-order valence-electron chi connectivity index (χ1n) is 16.9. The van der Waals surface area contributed by atoms with Crippen molar-refractivity contribution in [3.63, 3.8) is 0 Å². The lowest BCUT2D eigenvalue weighted by molar-refractivity contribution is 0.486. The molecule has 39 heavy (non-hydrogen) atoms. The second-order valence-corrected chi connectivity index (χ2v) is 18.9. The molecule has 4 aliphatic rings. The van der Waals surface area contributed by atoms with Crippen LogP contribution in [0.25, 0.3) is 5.69 Å². The van der Waals surface area contributed by atoms with Crippen molar-refractivity contribution in [2.24, 2.45) is 0 Å². The van der Waals surface area contributed by atoms with E-state index in [0.717, 1.165) is 22.6 Å². The first-order valence-corrected chi connectivity index (χ1v) is 19.9. The van der Waals surface area contributed by atoms with Crippen molar-refractivity contribution in [3.05, 3.63) is 35.7 Å². The highest BCUT2D eigenvalue weighted by atomic mass is 31.1. The predicted octanol–water partition coefficient (Wildman–Crippen LogP) is 10.0. The highest BCUT2D eigenvalue weighted by Gasteiger charge is 2.37. The molecule has 0 bridgehead atoms. The summed E-state index contributed by atoms with van der Waals surface area (Å²) in [5.74, 6) is 0. The molecule has 0 N–H and O–H groups in total. The van der Waals surface area contributed by atoms with Crippen molar-refractivity contribution in [3.8, 4) is 5.69 Å². The Kier molecular flexibility index (Phi) is 9.84. The fourth-order valence-electron chi connectivity index (χ4n) is 8.63. The van der Waals surface area contributed by atoms with E-state index < -0.39 is 0 Å². The molecule has 1 aromatic carbocycles. The molecule has 0 aliphatic heterocycles. The van der Waals surface area contributed by atoms with Crippen LogP contribution >= 0.6 is 15.8 Å². The van der Waals surface area contributed by atoms with E-state index in [1.807, 2.05) is 0 Å². The van der Waals surface area contributed by atoms with Crippen LogP contribution in [0.15, 0.2) is 24.3 Å². The van der Waals surface area contributed by atoms with Gasteiger partial charge in [-0.05, 0) is 113 Å². The minimum absolute atomic E-state index is 0.0374. The lowest BCUT2D eigenvalue weighted by Crippen LogP contribution is -2.31. The third-order valence-corrected chi connectivity index (χ3v) is 17.7. The maximum Gasteiger partial charge on any atom is 0.137 e. The van der Waals surface area contributed by atoms with Crippen LogP contribution < -0.4 is 10.9 Å². The minimum Gasteiger partial charge on any atom is -0.297 e. The van der Waals surface area contributed by atoms with Gasteiger partial charge in [0.15, 0.2) is 0 Å². The second kappa shape index (κ2) is 13.5. The van der Waals surface area contributed by atoms with Gasteiger partial charge in [0.2, 0.25) is 0 Å². The van der Waals surface area contributed by atoms with Crippen molar-refractivity contribution in [1.29, 1.82) is 0 Å². The zero-order chi connectivity index (χ0) is 26.6. The van der Waals surface area contributed by atoms with Gasteiger partial charge in [0.05, 0.1) is 5.69 Å². The van der Waals surface area contributed by atoms with Gasteiger partial charge in [-0.2, -0.15) is 0 Å². The van der Waals surface area contributed by atoms with Crippen LogP contribution in [-0.4, -0.2) is 32.2 Å². The van der Waals surface area contributed by atoms with E-state index >= 15 is 0 Å². The topological polar surface area (TPSA) is 17.8 Å². The van der Waals surface area contributed by atoms with Crippen LogP contribution in [0.4, 0.5) is 0 Å². The Morgan fingerprint density at radius 1 is 0.538 bits per heavy atom. The van der Waals surface area contributed by atoms with Crippen LogP contribution in [0.1, 0.15) is 140 Å².